The summed E-state index contributed by atoms with van der Waals surface area (Å²) in [5, 5.41) is 5.88. The van der Waals surface area contributed by atoms with Gasteiger partial charge in [0.15, 0.2) is 11.5 Å². The van der Waals surface area contributed by atoms with Gasteiger partial charge in [-0.1, -0.05) is 6.07 Å². The number of carbonyl (C=O) groups is 1. The molecule has 0 atom stereocenters. The smallest absolute Gasteiger partial charge is 0.267 e. The standard InChI is InChI=1S/C18H16N2O3S3/c1-10-16(26-18(19-10)14-4-3-7-25-14)17(21)20-11-8-12-13(9-15(11)24-2)23-6-5-22-12/h3-4,7-9H,5-6H2,1-2H3,(H,20,21). The molecular weight excluding hydrogens is 388 g/mol. The Bertz CT molecular complexity index is 951. The third-order valence-corrected chi connectivity index (χ3v) is 6.82. The number of ether oxygens (including phenoxy) is 2. The molecule has 2 aromatic heterocycles. The van der Waals surface area contributed by atoms with Crippen LogP contribution in [0.15, 0.2) is 34.5 Å². The minimum Gasteiger partial charge on any atom is -0.486 e. The SMILES string of the molecule is CSc1cc2c(cc1NC(=O)c1sc(-c3cccs3)nc1C)OCCO2. The fourth-order valence-electron chi connectivity index (χ4n) is 2.63. The average molecular weight is 405 g/mol. The highest BCUT2D eigenvalue weighted by Gasteiger charge is 2.20. The highest BCUT2D eigenvalue weighted by atomic mass is 32.2. The predicted molar refractivity (Wildman–Crippen MR) is 107 cm³/mol. The van der Waals surface area contributed by atoms with E-state index in [1.807, 2.05) is 42.8 Å². The summed E-state index contributed by atoms with van der Waals surface area (Å²) < 4.78 is 11.3. The fraction of sp³-hybridized carbons (Fsp3) is 0.222. The van der Waals surface area contributed by atoms with E-state index < -0.39 is 0 Å². The van der Waals surface area contributed by atoms with Gasteiger partial charge in [0.2, 0.25) is 0 Å². The summed E-state index contributed by atoms with van der Waals surface area (Å²) in [6, 6.07) is 7.73. The van der Waals surface area contributed by atoms with E-state index in [1.54, 1.807) is 23.1 Å². The first kappa shape index (κ1) is 17.4. The number of carbonyl (C=O) groups excluding carboxylic acids is 1. The Kier molecular flexibility index (Phi) is 4.88. The van der Waals surface area contributed by atoms with Crippen LogP contribution in [0.4, 0.5) is 5.69 Å². The molecule has 3 aromatic rings. The minimum absolute atomic E-state index is 0.158. The number of benzene rings is 1. The zero-order chi connectivity index (χ0) is 18.1. The van der Waals surface area contributed by atoms with Gasteiger partial charge in [-0.15, -0.1) is 34.4 Å². The molecule has 8 heteroatoms. The molecule has 3 heterocycles. The van der Waals surface area contributed by atoms with Crippen LogP contribution in [0, 0.1) is 6.92 Å². The Balaban J connectivity index is 1.62. The van der Waals surface area contributed by atoms with Crippen LogP contribution in [-0.4, -0.2) is 30.4 Å². The Morgan fingerprint density at radius 1 is 1.27 bits per heavy atom. The second-order valence-electron chi connectivity index (χ2n) is 5.56. The number of thiophene rings is 1. The molecule has 0 unspecified atom stereocenters. The topological polar surface area (TPSA) is 60.5 Å². The van der Waals surface area contributed by atoms with Crippen LogP contribution < -0.4 is 14.8 Å². The van der Waals surface area contributed by atoms with Crippen molar-refractivity contribution in [3.05, 3.63) is 40.2 Å². The molecule has 1 aromatic carbocycles. The van der Waals surface area contributed by atoms with Crippen molar-refractivity contribution in [2.24, 2.45) is 0 Å². The number of rotatable bonds is 4. The molecule has 0 bridgehead atoms. The summed E-state index contributed by atoms with van der Waals surface area (Å²) in [5.74, 6) is 1.21. The van der Waals surface area contributed by atoms with E-state index in [0.717, 1.165) is 26.2 Å². The first-order chi connectivity index (χ1) is 12.7. The van der Waals surface area contributed by atoms with Gasteiger partial charge in [-0.2, -0.15) is 0 Å². The van der Waals surface area contributed by atoms with Crippen LogP contribution in [0.3, 0.4) is 0 Å². The lowest BCUT2D eigenvalue weighted by atomic mass is 10.2. The summed E-state index contributed by atoms with van der Waals surface area (Å²) in [4.78, 5) is 20.0. The van der Waals surface area contributed by atoms with Crippen molar-refractivity contribution in [1.29, 1.82) is 0 Å². The van der Waals surface area contributed by atoms with Gasteiger partial charge in [0.1, 0.15) is 23.1 Å². The molecule has 0 fully saturated rings. The molecule has 1 aliphatic heterocycles. The number of nitrogens with one attached hydrogen (secondary N) is 1. The molecule has 0 spiro atoms. The average Bonchev–Trinajstić information content (AvgIpc) is 3.30. The minimum atomic E-state index is -0.158. The zero-order valence-electron chi connectivity index (χ0n) is 14.2. The molecule has 1 N–H and O–H groups in total. The number of fused-ring (bicyclic) bond motifs is 1. The van der Waals surface area contributed by atoms with E-state index in [-0.39, 0.29) is 5.91 Å². The highest BCUT2D eigenvalue weighted by Crippen LogP contribution is 2.40. The quantitative estimate of drug-likeness (QED) is 0.625. The van der Waals surface area contributed by atoms with Gasteiger partial charge in [0.05, 0.1) is 16.3 Å². The number of nitrogens with zero attached hydrogens (tertiary/aromatic N) is 1. The number of amides is 1. The van der Waals surface area contributed by atoms with Gasteiger partial charge in [0.25, 0.3) is 5.91 Å². The predicted octanol–water partition coefficient (Wildman–Crippen LogP) is 4.93. The van der Waals surface area contributed by atoms with E-state index in [1.165, 1.54) is 11.3 Å². The van der Waals surface area contributed by atoms with Crippen LogP contribution >= 0.6 is 34.4 Å². The van der Waals surface area contributed by atoms with E-state index in [0.29, 0.717) is 29.6 Å². The number of anilines is 1. The highest BCUT2D eigenvalue weighted by molar-refractivity contribution is 7.98. The molecule has 0 aliphatic carbocycles. The maximum atomic E-state index is 12.8. The van der Waals surface area contributed by atoms with Crippen molar-refractivity contribution >= 4 is 46.0 Å². The molecule has 0 saturated heterocycles. The van der Waals surface area contributed by atoms with Crippen molar-refractivity contribution < 1.29 is 14.3 Å². The summed E-state index contributed by atoms with van der Waals surface area (Å²) in [5.41, 5.74) is 1.45. The molecular formula is C18H16N2O3S3. The number of thiazole rings is 1. The van der Waals surface area contributed by atoms with E-state index in [4.69, 9.17) is 9.47 Å². The molecule has 1 amide bonds. The van der Waals surface area contributed by atoms with Crippen molar-refractivity contribution in [3.63, 3.8) is 0 Å². The largest absolute Gasteiger partial charge is 0.486 e. The summed E-state index contributed by atoms with van der Waals surface area (Å²) >= 11 is 4.58. The molecule has 26 heavy (non-hydrogen) atoms. The summed E-state index contributed by atoms with van der Waals surface area (Å²) in [6.07, 6.45) is 1.97. The lowest BCUT2D eigenvalue weighted by Crippen LogP contribution is -2.17. The van der Waals surface area contributed by atoms with Crippen LogP contribution in [0.1, 0.15) is 15.4 Å². The summed E-state index contributed by atoms with van der Waals surface area (Å²) in [6.45, 7) is 2.91. The van der Waals surface area contributed by atoms with Gasteiger partial charge in [-0.05, 0) is 30.7 Å². The van der Waals surface area contributed by atoms with Gasteiger partial charge in [-0.25, -0.2) is 4.98 Å². The number of hydrogen-bond acceptors (Lipinski definition) is 7. The second-order valence-corrected chi connectivity index (χ2v) is 8.36. The fourth-order valence-corrected chi connectivity index (χ4v) is 4.94. The van der Waals surface area contributed by atoms with Crippen LogP contribution in [0.2, 0.25) is 0 Å². The van der Waals surface area contributed by atoms with Crippen LogP contribution in [0.25, 0.3) is 9.88 Å². The molecule has 4 rings (SSSR count). The van der Waals surface area contributed by atoms with E-state index >= 15 is 0 Å². The van der Waals surface area contributed by atoms with Gasteiger partial charge in [-0.3, -0.25) is 4.79 Å². The van der Waals surface area contributed by atoms with Crippen LogP contribution in [0.5, 0.6) is 11.5 Å². The van der Waals surface area contributed by atoms with E-state index in [9.17, 15) is 4.79 Å². The van der Waals surface area contributed by atoms with Gasteiger partial charge < -0.3 is 14.8 Å². The number of aromatic nitrogens is 1. The lowest BCUT2D eigenvalue weighted by Gasteiger charge is -2.20. The number of hydrogen-bond donors (Lipinski definition) is 1. The molecule has 5 nitrogen and oxygen atoms in total. The van der Waals surface area contributed by atoms with Gasteiger partial charge >= 0.3 is 0 Å². The zero-order valence-corrected chi connectivity index (χ0v) is 16.6. The first-order valence-electron chi connectivity index (χ1n) is 7.96. The summed E-state index contributed by atoms with van der Waals surface area (Å²) in [7, 11) is 0. The Labute approximate surface area is 163 Å². The van der Waals surface area contributed by atoms with Crippen molar-refractivity contribution in [3.8, 4) is 21.4 Å². The van der Waals surface area contributed by atoms with Crippen LogP contribution in [-0.2, 0) is 0 Å². The maximum Gasteiger partial charge on any atom is 0.267 e. The van der Waals surface area contributed by atoms with Crippen molar-refractivity contribution in [1.82, 2.24) is 4.98 Å². The first-order valence-corrected chi connectivity index (χ1v) is 10.9. The van der Waals surface area contributed by atoms with E-state index in [2.05, 4.69) is 10.3 Å². The number of thioether (sulfide) groups is 1. The third kappa shape index (κ3) is 3.32. The Morgan fingerprint density at radius 3 is 2.73 bits per heavy atom. The number of aryl methyl sites for hydroxylation is 1. The van der Waals surface area contributed by atoms with Gasteiger partial charge in [0, 0.05) is 11.0 Å². The monoisotopic (exact) mass is 404 g/mol. The molecule has 0 radical (unpaired) electrons. The Hall–Kier alpha value is -2.03. The third-order valence-electron chi connectivity index (χ3n) is 3.85. The second kappa shape index (κ2) is 7.30. The molecule has 0 saturated carbocycles. The normalized spacial score (nSPS) is 12.8. The van der Waals surface area contributed by atoms with Crippen molar-refractivity contribution in [2.75, 3.05) is 24.8 Å². The maximum absolute atomic E-state index is 12.8. The molecule has 134 valence electrons. The Morgan fingerprint density at radius 2 is 2.04 bits per heavy atom. The molecule has 1 aliphatic rings. The lowest BCUT2D eigenvalue weighted by molar-refractivity contribution is 0.102. The van der Waals surface area contributed by atoms with Crippen molar-refractivity contribution in [2.45, 2.75) is 11.8 Å².